The van der Waals surface area contributed by atoms with Gasteiger partial charge in [-0.15, -0.1) is 10.2 Å². The maximum Gasteiger partial charge on any atom is 0.272 e. The van der Waals surface area contributed by atoms with Crippen LogP contribution in [-0.2, 0) is 11.3 Å². The second-order valence-corrected chi connectivity index (χ2v) is 8.37. The molecule has 0 saturated carbocycles. The largest absolute Gasteiger partial charge is 0.351 e. The van der Waals surface area contributed by atoms with E-state index in [1.54, 1.807) is 48.5 Å². The van der Waals surface area contributed by atoms with E-state index in [4.69, 9.17) is 0 Å². The molecule has 5 aromatic rings. The van der Waals surface area contributed by atoms with Crippen LogP contribution in [0.5, 0.6) is 0 Å². The summed E-state index contributed by atoms with van der Waals surface area (Å²) in [6.07, 6.45) is -1.35. The molecule has 1 aliphatic rings. The number of halogens is 1. The van der Waals surface area contributed by atoms with Crippen molar-refractivity contribution in [2.75, 3.05) is 4.90 Å². The van der Waals surface area contributed by atoms with Crippen molar-refractivity contribution in [2.45, 2.75) is 12.7 Å². The highest BCUT2D eigenvalue weighted by molar-refractivity contribution is 6.20. The molecule has 0 unspecified atom stereocenters. The molecule has 0 saturated heterocycles. The molecule has 2 amide bonds. The lowest BCUT2D eigenvalue weighted by Crippen LogP contribution is -2.47. The Balaban J connectivity index is 1.46. The predicted molar refractivity (Wildman–Crippen MR) is 133 cm³/mol. The SMILES string of the molecule is O=C(N[C@H]1N=C(c2ccccc2F)c2ccccc2N(Cc2nn[nH]n2)C1=O)c1cc2ccccc2[nH]1. The first kappa shape index (κ1) is 22.3. The summed E-state index contributed by atoms with van der Waals surface area (Å²) >= 11 is 0. The van der Waals surface area contributed by atoms with Crippen LogP contribution in [0.2, 0.25) is 0 Å². The Kier molecular flexibility index (Phi) is 5.49. The number of anilines is 1. The number of carbonyl (C=O) groups is 2. The number of rotatable bonds is 5. The number of aliphatic imine (C=N–C) groups is 1. The number of benzene rings is 3. The van der Waals surface area contributed by atoms with Gasteiger partial charge in [-0.3, -0.25) is 9.59 Å². The molecule has 3 heterocycles. The zero-order valence-electron chi connectivity index (χ0n) is 19.2. The van der Waals surface area contributed by atoms with Crippen molar-refractivity contribution in [3.8, 4) is 0 Å². The molecule has 1 aliphatic heterocycles. The monoisotopic (exact) mass is 494 g/mol. The molecule has 2 aromatic heterocycles. The topological polar surface area (TPSA) is 132 Å². The number of nitrogens with zero attached hydrogens (tertiary/aromatic N) is 5. The van der Waals surface area contributed by atoms with Crippen molar-refractivity contribution in [2.24, 2.45) is 4.99 Å². The molecule has 0 fully saturated rings. The number of aromatic amines is 2. The molecule has 0 spiro atoms. The molecular weight excluding hydrogens is 475 g/mol. The summed E-state index contributed by atoms with van der Waals surface area (Å²) in [7, 11) is 0. The van der Waals surface area contributed by atoms with E-state index in [1.807, 2.05) is 24.3 Å². The van der Waals surface area contributed by atoms with Gasteiger partial charge in [-0.05, 0) is 30.3 Å². The third-order valence-corrected chi connectivity index (χ3v) is 6.07. The van der Waals surface area contributed by atoms with E-state index in [9.17, 15) is 14.0 Å². The number of benzodiazepines with no additional fused rings is 1. The lowest BCUT2D eigenvalue weighted by Gasteiger charge is -2.24. The number of hydrogen-bond acceptors (Lipinski definition) is 6. The van der Waals surface area contributed by atoms with Crippen LogP contribution in [0.4, 0.5) is 10.1 Å². The normalized spacial score (nSPS) is 15.3. The maximum absolute atomic E-state index is 15.0. The Bertz CT molecular complexity index is 1630. The van der Waals surface area contributed by atoms with Crippen LogP contribution in [0.25, 0.3) is 10.9 Å². The lowest BCUT2D eigenvalue weighted by molar-refractivity contribution is -0.120. The first-order chi connectivity index (χ1) is 18.1. The van der Waals surface area contributed by atoms with E-state index < -0.39 is 23.8 Å². The van der Waals surface area contributed by atoms with Gasteiger partial charge in [-0.1, -0.05) is 53.7 Å². The van der Waals surface area contributed by atoms with Gasteiger partial charge in [0, 0.05) is 22.0 Å². The summed E-state index contributed by atoms with van der Waals surface area (Å²) in [6.45, 7) is -0.0365. The molecule has 182 valence electrons. The second kappa shape index (κ2) is 9.11. The third-order valence-electron chi connectivity index (χ3n) is 6.07. The number of aromatic nitrogens is 5. The average Bonchev–Trinajstić information content (AvgIpc) is 3.58. The zero-order valence-corrected chi connectivity index (χ0v) is 19.2. The molecule has 3 aromatic carbocycles. The van der Waals surface area contributed by atoms with E-state index >= 15 is 0 Å². The highest BCUT2D eigenvalue weighted by Gasteiger charge is 2.34. The first-order valence-corrected chi connectivity index (χ1v) is 11.4. The van der Waals surface area contributed by atoms with E-state index in [-0.39, 0.29) is 29.3 Å². The Morgan fingerprint density at radius 1 is 1.00 bits per heavy atom. The Morgan fingerprint density at radius 2 is 1.76 bits per heavy atom. The third kappa shape index (κ3) is 4.12. The van der Waals surface area contributed by atoms with Crippen molar-refractivity contribution < 1.29 is 14.0 Å². The fraction of sp³-hybridized carbons (Fsp3) is 0.0769. The molecule has 0 aliphatic carbocycles. The molecule has 0 bridgehead atoms. The van der Waals surface area contributed by atoms with Gasteiger partial charge in [0.1, 0.15) is 11.5 Å². The summed E-state index contributed by atoms with van der Waals surface area (Å²) in [5, 5.41) is 17.4. The summed E-state index contributed by atoms with van der Waals surface area (Å²) in [4.78, 5) is 36.2. The number of amides is 2. The number of tetrazole rings is 1. The second-order valence-electron chi connectivity index (χ2n) is 8.37. The number of H-pyrrole nitrogens is 2. The molecular formula is C26H19FN8O2. The van der Waals surface area contributed by atoms with Gasteiger partial charge in [0.2, 0.25) is 6.17 Å². The van der Waals surface area contributed by atoms with Crippen LogP contribution in [0.15, 0.2) is 83.9 Å². The Morgan fingerprint density at radius 3 is 2.54 bits per heavy atom. The minimum atomic E-state index is -1.35. The van der Waals surface area contributed by atoms with Crippen LogP contribution in [-0.4, -0.2) is 49.3 Å². The quantitative estimate of drug-likeness (QED) is 0.346. The van der Waals surface area contributed by atoms with Gasteiger partial charge in [0.25, 0.3) is 11.8 Å². The van der Waals surface area contributed by atoms with E-state index in [1.165, 1.54) is 11.0 Å². The van der Waals surface area contributed by atoms with Crippen molar-refractivity contribution >= 4 is 34.1 Å². The molecule has 37 heavy (non-hydrogen) atoms. The lowest BCUT2D eigenvalue weighted by atomic mass is 9.99. The van der Waals surface area contributed by atoms with Crippen molar-refractivity contribution in [1.82, 2.24) is 30.9 Å². The Labute approximate surface area is 209 Å². The molecule has 3 N–H and O–H groups in total. The highest BCUT2D eigenvalue weighted by Crippen LogP contribution is 2.30. The summed E-state index contributed by atoms with van der Waals surface area (Å²) in [5.41, 5.74) is 2.48. The van der Waals surface area contributed by atoms with Gasteiger partial charge in [0.05, 0.1) is 17.9 Å². The van der Waals surface area contributed by atoms with Gasteiger partial charge in [0.15, 0.2) is 5.82 Å². The molecule has 10 nitrogen and oxygen atoms in total. The van der Waals surface area contributed by atoms with Gasteiger partial charge in [-0.25, -0.2) is 9.38 Å². The number of para-hydroxylation sites is 2. The van der Waals surface area contributed by atoms with Crippen LogP contribution in [0.1, 0.15) is 27.4 Å². The zero-order chi connectivity index (χ0) is 25.4. The van der Waals surface area contributed by atoms with Crippen molar-refractivity contribution in [3.05, 3.63) is 107 Å². The number of hydrogen-bond donors (Lipinski definition) is 3. The standard InChI is InChI=1S/C26H19FN8O2/c27-18-10-4-2-8-16(18)23-17-9-3-6-12-21(17)35(14-22-31-33-34-32-22)26(37)24(29-23)30-25(36)20-13-15-7-1-5-11-19(15)28-20/h1-13,24,28H,14H2,(H,30,36)(H,31,32,33,34)/t24-/m1/s1. The smallest absolute Gasteiger partial charge is 0.272 e. The number of nitrogens with one attached hydrogen (secondary N) is 3. The van der Waals surface area contributed by atoms with E-state index in [2.05, 4.69) is 35.9 Å². The van der Waals surface area contributed by atoms with Crippen LogP contribution >= 0.6 is 0 Å². The minimum absolute atomic E-state index is 0.0365. The van der Waals surface area contributed by atoms with Crippen LogP contribution in [0, 0.1) is 5.82 Å². The van der Waals surface area contributed by atoms with E-state index in [0.717, 1.165) is 10.9 Å². The minimum Gasteiger partial charge on any atom is -0.351 e. The fourth-order valence-corrected chi connectivity index (χ4v) is 4.34. The first-order valence-electron chi connectivity index (χ1n) is 11.4. The molecule has 11 heteroatoms. The van der Waals surface area contributed by atoms with E-state index in [0.29, 0.717) is 11.3 Å². The summed E-state index contributed by atoms with van der Waals surface area (Å²) in [5.74, 6) is -1.31. The van der Waals surface area contributed by atoms with Crippen molar-refractivity contribution in [3.63, 3.8) is 0 Å². The highest BCUT2D eigenvalue weighted by atomic mass is 19.1. The van der Waals surface area contributed by atoms with Crippen LogP contribution in [0.3, 0.4) is 0 Å². The number of fused-ring (bicyclic) bond motifs is 2. The average molecular weight is 494 g/mol. The Hall–Kier alpha value is -5.19. The van der Waals surface area contributed by atoms with Crippen LogP contribution < -0.4 is 10.2 Å². The maximum atomic E-state index is 15.0. The molecule has 0 radical (unpaired) electrons. The predicted octanol–water partition coefficient (Wildman–Crippen LogP) is 2.96. The molecule has 1 atom stereocenters. The fourth-order valence-electron chi connectivity index (χ4n) is 4.34. The van der Waals surface area contributed by atoms with Crippen molar-refractivity contribution in [1.29, 1.82) is 0 Å². The van der Waals surface area contributed by atoms with Gasteiger partial charge in [-0.2, -0.15) is 5.21 Å². The summed E-state index contributed by atoms with van der Waals surface area (Å²) in [6, 6.07) is 22.3. The summed E-state index contributed by atoms with van der Waals surface area (Å²) < 4.78 is 15.0. The van der Waals surface area contributed by atoms with Gasteiger partial charge < -0.3 is 15.2 Å². The van der Waals surface area contributed by atoms with Gasteiger partial charge >= 0.3 is 0 Å². The number of carbonyl (C=O) groups excluding carboxylic acids is 2. The molecule has 6 rings (SSSR count).